The molecule has 1 N–H and O–H groups in total. The Bertz CT molecular complexity index is 1280. The minimum absolute atomic E-state index is 0.00361. The molecule has 2 fully saturated rings. The van der Waals surface area contributed by atoms with E-state index in [1.807, 2.05) is 89.8 Å². The lowest BCUT2D eigenvalue weighted by molar-refractivity contribution is -0.137. The molecule has 0 unspecified atom stereocenters. The van der Waals surface area contributed by atoms with Crippen LogP contribution in [-0.2, 0) is 16.1 Å². The number of rotatable bonds is 6. The van der Waals surface area contributed by atoms with E-state index < -0.39 is 5.54 Å². The molecule has 7 nitrogen and oxygen atoms in total. The lowest BCUT2D eigenvalue weighted by Crippen LogP contribution is -2.57. The molecule has 8 heteroatoms. The van der Waals surface area contributed by atoms with Crippen molar-refractivity contribution < 1.29 is 14.4 Å². The first kappa shape index (κ1) is 25.0. The molecule has 1 spiro atoms. The van der Waals surface area contributed by atoms with Crippen molar-refractivity contribution in [3.8, 4) is 0 Å². The first-order valence-corrected chi connectivity index (χ1v) is 13.2. The van der Waals surface area contributed by atoms with Crippen LogP contribution in [0.2, 0.25) is 0 Å². The summed E-state index contributed by atoms with van der Waals surface area (Å²) in [5, 5.41) is 2.93. The fourth-order valence-corrected chi connectivity index (χ4v) is 5.69. The molecule has 0 bridgehead atoms. The number of carbonyl (C=O) groups excluding carboxylic acids is 3. The zero-order valence-corrected chi connectivity index (χ0v) is 22.1. The molecule has 0 atom stereocenters. The van der Waals surface area contributed by atoms with Crippen molar-refractivity contribution in [2.45, 2.75) is 24.9 Å². The number of likely N-dealkylation sites (tertiary alicyclic amines) is 1. The van der Waals surface area contributed by atoms with Crippen molar-refractivity contribution in [1.82, 2.24) is 15.1 Å². The van der Waals surface area contributed by atoms with E-state index in [9.17, 15) is 14.4 Å². The summed E-state index contributed by atoms with van der Waals surface area (Å²) in [5.74, 6) is -0.292. The van der Waals surface area contributed by atoms with Gasteiger partial charge in [0.2, 0.25) is 5.91 Å². The second-order valence-corrected chi connectivity index (χ2v) is 10.3. The van der Waals surface area contributed by atoms with Gasteiger partial charge in [-0.2, -0.15) is 0 Å². The predicted octanol–water partition coefficient (Wildman–Crippen LogP) is 4.05. The van der Waals surface area contributed by atoms with Crippen LogP contribution in [0.4, 0.5) is 5.69 Å². The molecule has 2 aliphatic heterocycles. The Labute approximate surface area is 225 Å². The smallest absolute Gasteiger partial charge is 0.255 e. The number of piperidine rings is 1. The van der Waals surface area contributed by atoms with Crippen molar-refractivity contribution in [3.05, 3.63) is 101 Å². The molecule has 190 valence electrons. The summed E-state index contributed by atoms with van der Waals surface area (Å²) in [5.41, 5.74) is 1.78. The van der Waals surface area contributed by atoms with E-state index in [0.29, 0.717) is 44.7 Å². The van der Waals surface area contributed by atoms with E-state index in [1.54, 1.807) is 4.90 Å². The van der Waals surface area contributed by atoms with Gasteiger partial charge in [0, 0.05) is 29.8 Å². The maximum absolute atomic E-state index is 13.9. The van der Waals surface area contributed by atoms with Gasteiger partial charge in [-0.05, 0) is 58.6 Å². The van der Waals surface area contributed by atoms with Crippen LogP contribution in [0.15, 0.2) is 89.4 Å². The Balaban J connectivity index is 1.31. The highest BCUT2D eigenvalue weighted by Gasteiger charge is 2.54. The molecule has 5 rings (SSSR count). The van der Waals surface area contributed by atoms with E-state index in [4.69, 9.17) is 0 Å². The van der Waals surface area contributed by atoms with Gasteiger partial charge in [0.1, 0.15) is 12.1 Å². The van der Waals surface area contributed by atoms with E-state index >= 15 is 0 Å². The molecule has 3 aromatic rings. The van der Waals surface area contributed by atoms with E-state index in [0.717, 1.165) is 15.7 Å². The molecule has 3 amide bonds. The minimum Gasteiger partial charge on any atom is -0.350 e. The Morgan fingerprint density at radius 2 is 1.49 bits per heavy atom. The van der Waals surface area contributed by atoms with Crippen LogP contribution in [0, 0.1) is 0 Å². The standard InChI is InChI=1S/C29H29BrN4O3/c30-25-14-8-7-13-24(25)27(36)32-17-15-29(16-18-32)28(37)33(21-34(29)23-11-5-2-6-12-23)20-26(35)31-19-22-9-3-1-4-10-22/h1-14H,15-21H2,(H,31,35). The molecular formula is C29H29BrN4O3. The van der Waals surface area contributed by atoms with Gasteiger partial charge in [0.25, 0.3) is 11.8 Å². The Hall–Kier alpha value is -3.65. The molecule has 37 heavy (non-hydrogen) atoms. The topological polar surface area (TPSA) is 73.0 Å². The third kappa shape index (κ3) is 5.11. The van der Waals surface area contributed by atoms with Gasteiger partial charge in [-0.3, -0.25) is 14.4 Å². The molecule has 2 saturated heterocycles. The van der Waals surface area contributed by atoms with Crippen LogP contribution in [0.3, 0.4) is 0 Å². The van der Waals surface area contributed by atoms with Gasteiger partial charge in [0.05, 0.1) is 12.2 Å². The Kier molecular flexibility index (Phi) is 7.28. The third-order valence-electron chi connectivity index (χ3n) is 7.23. The number of carbonyl (C=O) groups is 3. The molecule has 2 heterocycles. The van der Waals surface area contributed by atoms with Crippen molar-refractivity contribution in [2.24, 2.45) is 0 Å². The highest BCUT2D eigenvalue weighted by Crippen LogP contribution is 2.39. The number of anilines is 1. The quantitative estimate of drug-likeness (QED) is 0.493. The van der Waals surface area contributed by atoms with Crippen LogP contribution < -0.4 is 10.2 Å². The maximum Gasteiger partial charge on any atom is 0.255 e. The SMILES string of the molecule is O=C(CN1CN(c2ccccc2)C2(CCN(C(=O)c3ccccc3Br)CC2)C1=O)NCc1ccccc1. The zero-order valence-electron chi connectivity index (χ0n) is 20.5. The predicted molar refractivity (Wildman–Crippen MR) is 146 cm³/mol. The largest absolute Gasteiger partial charge is 0.350 e. The van der Waals surface area contributed by atoms with Gasteiger partial charge in [-0.15, -0.1) is 0 Å². The van der Waals surface area contributed by atoms with Gasteiger partial charge in [-0.1, -0.05) is 60.7 Å². The second kappa shape index (κ2) is 10.8. The number of amides is 3. The monoisotopic (exact) mass is 560 g/mol. The van der Waals surface area contributed by atoms with Crippen LogP contribution in [-0.4, -0.2) is 59.4 Å². The second-order valence-electron chi connectivity index (χ2n) is 9.47. The van der Waals surface area contributed by atoms with Gasteiger partial charge < -0.3 is 20.0 Å². The highest BCUT2D eigenvalue weighted by atomic mass is 79.9. The zero-order chi connectivity index (χ0) is 25.8. The first-order valence-electron chi connectivity index (χ1n) is 12.4. The number of benzene rings is 3. The average Bonchev–Trinajstić information content (AvgIpc) is 3.19. The molecule has 0 aliphatic carbocycles. The number of hydrogen-bond acceptors (Lipinski definition) is 4. The number of para-hydroxylation sites is 1. The number of nitrogens with zero attached hydrogens (tertiary/aromatic N) is 3. The van der Waals surface area contributed by atoms with Crippen molar-refractivity contribution in [2.75, 3.05) is 31.2 Å². The van der Waals surface area contributed by atoms with Gasteiger partial charge >= 0.3 is 0 Å². The van der Waals surface area contributed by atoms with E-state index in [1.165, 1.54) is 0 Å². The number of halogens is 1. The Morgan fingerprint density at radius 3 is 2.16 bits per heavy atom. The minimum atomic E-state index is -0.786. The average molecular weight is 561 g/mol. The fourth-order valence-electron chi connectivity index (χ4n) is 5.23. The van der Waals surface area contributed by atoms with Crippen molar-refractivity contribution in [3.63, 3.8) is 0 Å². The van der Waals surface area contributed by atoms with Gasteiger partial charge in [-0.25, -0.2) is 0 Å². The highest BCUT2D eigenvalue weighted by molar-refractivity contribution is 9.10. The summed E-state index contributed by atoms with van der Waals surface area (Å²) in [6.45, 7) is 1.67. The molecule has 0 radical (unpaired) electrons. The summed E-state index contributed by atoms with van der Waals surface area (Å²) < 4.78 is 0.760. The lowest BCUT2D eigenvalue weighted by atomic mass is 9.85. The van der Waals surface area contributed by atoms with Crippen molar-refractivity contribution >= 4 is 39.3 Å². The van der Waals surface area contributed by atoms with Crippen molar-refractivity contribution in [1.29, 1.82) is 0 Å². The van der Waals surface area contributed by atoms with Crippen LogP contribution in [0.25, 0.3) is 0 Å². The molecular weight excluding hydrogens is 532 g/mol. The Morgan fingerprint density at radius 1 is 0.865 bits per heavy atom. The molecule has 2 aliphatic rings. The van der Waals surface area contributed by atoms with Crippen LogP contribution >= 0.6 is 15.9 Å². The normalized spacial score (nSPS) is 16.8. The number of hydrogen-bond donors (Lipinski definition) is 1. The third-order valence-corrected chi connectivity index (χ3v) is 7.92. The summed E-state index contributed by atoms with van der Waals surface area (Å²) in [6.07, 6.45) is 0.998. The fraction of sp³-hybridized carbons (Fsp3) is 0.276. The van der Waals surface area contributed by atoms with E-state index in [-0.39, 0.29) is 24.3 Å². The van der Waals surface area contributed by atoms with Crippen LogP contribution in [0.1, 0.15) is 28.8 Å². The van der Waals surface area contributed by atoms with Gasteiger partial charge in [0.15, 0.2) is 0 Å². The summed E-state index contributed by atoms with van der Waals surface area (Å²) in [4.78, 5) is 45.4. The summed E-state index contributed by atoms with van der Waals surface area (Å²) in [7, 11) is 0. The maximum atomic E-state index is 13.9. The molecule has 0 aromatic heterocycles. The summed E-state index contributed by atoms with van der Waals surface area (Å²) >= 11 is 3.48. The lowest BCUT2D eigenvalue weighted by Gasteiger charge is -2.43. The number of nitrogens with one attached hydrogen (secondary N) is 1. The van der Waals surface area contributed by atoms with E-state index in [2.05, 4.69) is 26.1 Å². The molecule has 0 saturated carbocycles. The summed E-state index contributed by atoms with van der Waals surface area (Å²) in [6, 6.07) is 26.9. The van der Waals surface area contributed by atoms with Crippen LogP contribution in [0.5, 0.6) is 0 Å². The molecule has 3 aromatic carbocycles. The first-order chi connectivity index (χ1) is 18.0.